The first kappa shape index (κ1) is 19.7. The first-order valence-corrected chi connectivity index (χ1v) is 9.16. The largest absolute Gasteiger partial charge is 0.380 e. The highest BCUT2D eigenvalue weighted by atomic mass is 16.3. The predicted octanol–water partition coefficient (Wildman–Crippen LogP) is 5.01. The molecule has 1 aromatic rings. The highest BCUT2D eigenvalue weighted by Gasteiger charge is 2.03. The van der Waals surface area contributed by atoms with E-state index < -0.39 is 12.2 Å². The van der Waals surface area contributed by atoms with Crippen molar-refractivity contribution in [3.8, 4) is 11.8 Å². The molecule has 0 aromatic heterocycles. The molecule has 23 heavy (non-hydrogen) atoms. The number of hydrogen-bond donors (Lipinski definition) is 2. The van der Waals surface area contributed by atoms with Crippen LogP contribution in [0.1, 0.15) is 82.8 Å². The Balaban J connectivity index is 2.06. The minimum absolute atomic E-state index is 0.627. The van der Waals surface area contributed by atoms with E-state index in [9.17, 15) is 10.2 Å². The van der Waals surface area contributed by atoms with E-state index in [1.165, 1.54) is 44.9 Å². The van der Waals surface area contributed by atoms with Gasteiger partial charge < -0.3 is 10.2 Å². The van der Waals surface area contributed by atoms with Gasteiger partial charge in [-0.15, -0.1) is 0 Å². The fraction of sp³-hybridized carbons (Fsp3) is 0.619. The van der Waals surface area contributed by atoms with Crippen molar-refractivity contribution in [3.63, 3.8) is 0 Å². The van der Waals surface area contributed by atoms with Crippen LogP contribution in [0.25, 0.3) is 0 Å². The van der Waals surface area contributed by atoms with Gasteiger partial charge in [-0.2, -0.15) is 0 Å². The molecule has 0 fully saturated rings. The van der Waals surface area contributed by atoms with Crippen molar-refractivity contribution in [1.29, 1.82) is 0 Å². The molecule has 0 heterocycles. The number of aliphatic hydroxyl groups excluding tert-OH is 2. The Kier molecular flexibility index (Phi) is 11.3. The second-order valence-electron chi connectivity index (χ2n) is 6.23. The lowest BCUT2D eigenvalue weighted by molar-refractivity contribution is 0.213. The first-order valence-electron chi connectivity index (χ1n) is 9.16. The fourth-order valence-corrected chi connectivity index (χ4v) is 2.61. The summed E-state index contributed by atoms with van der Waals surface area (Å²) < 4.78 is 0. The van der Waals surface area contributed by atoms with Crippen molar-refractivity contribution in [2.75, 3.05) is 0 Å². The van der Waals surface area contributed by atoms with E-state index in [1.807, 2.05) is 30.3 Å². The van der Waals surface area contributed by atoms with E-state index in [-0.39, 0.29) is 0 Å². The third kappa shape index (κ3) is 10.2. The maximum atomic E-state index is 9.91. The quantitative estimate of drug-likeness (QED) is 0.445. The maximum absolute atomic E-state index is 9.91. The molecule has 2 nitrogen and oxygen atoms in total. The van der Waals surface area contributed by atoms with Crippen molar-refractivity contribution in [2.24, 2.45) is 0 Å². The van der Waals surface area contributed by atoms with Crippen molar-refractivity contribution in [2.45, 2.75) is 83.3 Å². The van der Waals surface area contributed by atoms with Crippen molar-refractivity contribution in [1.82, 2.24) is 0 Å². The average Bonchev–Trinajstić information content (AvgIpc) is 2.59. The molecule has 0 bridgehead atoms. The molecule has 2 atom stereocenters. The smallest absolute Gasteiger partial charge is 0.140 e. The fourth-order valence-electron chi connectivity index (χ4n) is 2.61. The van der Waals surface area contributed by atoms with E-state index in [1.54, 1.807) is 0 Å². The average molecular weight is 316 g/mol. The van der Waals surface area contributed by atoms with Crippen LogP contribution in [0.5, 0.6) is 0 Å². The Bertz CT molecular complexity index is 444. The minimum atomic E-state index is -0.811. The Morgan fingerprint density at radius 2 is 1.35 bits per heavy atom. The SMILES string of the molecule is CCCCCCCCCCCC(O)C#CC(O)c1ccccc1. The first-order chi connectivity index (χ1) is 11.2. The van der Waals surface area contributed by atoms with Crippen LogP contribution in [0.4, 0.5) is 0 Å². The molecule has 0 radical (unpaired) electrons. The molecule has 1 rings (SSSR count). The van der Waals surface area contributed by atoms with Gasteiger partial charge in [0.1, 0.15) is 12.2 Å². The summed E-state index contributed by atoms with van der Waals surface area (Å²) in [4.78, 5) is 0. The summed E-state index contributed by atoms with van der Waals surface area (Å²) in [7, 11) is 0. The summed E-state index contributed by atoms with van der Waals surface area (Å²) in [5.74, 6) is 5.50. The number of hydrogen-bond acceptors (Lipinski definition) is 2. The summed E-state index contributed by atoms with van der Waals surface area (Å²) >= 11 is 0. The monoisotopic (exact) mass is 316 g/mol. The molecule has 2 unspecified atom stereocenters. The molecule has 0 saturated heterocycles. The third-order valence-corrected chi connectivity index (χ3v) is 4.08. The lowest BCUT2D eigenvalue weighted by Gasteiger charge is -2.05. The summed E-state index contributed by atoms with van der Waals surface area (Å²) in [5.41, 5.74) is 0.773. The van der Waals surface area contributed by atoms with E-state index in [0.29, 0.717) is 6.42 Å². The highest BCUT2D eigenvalue weighted by Crippen LogP contribution is 2.12. The summed E-state index contributed by atoms with van der Waals surface area (Å²) in [6, 6.07) is 9.33. The van der Waals surface area contributed by atoms with Crippen LogP contribution in [0, 0.1) is 11.8 Å². The molecule has 0 aliphatic carbocycles. The van der Waals surface area contributed by atoms with E-state index in [0.717, 1.165) is 18.4 Å². The number of rotatable bonds is 11. The minimum Gasteiger partial charge on any atom is -0.380 e. The van der Waals surface area contributed by atoms with Gasteiger partial charge in [-0.25, -0.2) is 0 Å². The number of unbranched alkanes of at least 4 members (excludes halogenated alkanes) is 8. The van der Waals surface area contributed by atoms with Gasteiger partial charge in [0.15, 0.2) is 0 Å². The van der Waals surface area contributed by atoms with Crippen LogP contribution in [0.15, 0.2) is 30.3 Å². The second kappa shape index (κ2) is 13.2. The van der Waals surface area contributed by atoms with E-state index in [2.05, 4.69) is 18.8 Å². The van der Waals surface area contributed by atoms with Crippen LogP contribution in [-0.2, 0) is 0 Å². The predicted molar refractivity (Wildman–Crippen MR) is 97.0 cm³/mol. The zero-order valence-corrected chi connectivity index (χ0v) is 14.5. The van der Waals surface area contributed by atoms with Gasteiger partial charge >= 0.3 is 0 Å². The maximum Gasteiger partial charge on any atom is 0.140 e. The highest BCUT2D eigenvalue weighted by molar-refractivity contribution is 5.25. The molecule has 128 valence electrons. The molecule has 0 aliphatic heterocycles. The molecule has 2 N–H and O–H groups in total. The lowest BCUT2D eigenvalue weighted by atomic mass is 10.0. The van der Waals surface area contributed by atoms with Crippen molar-refractivity contribution < 1.29 is 10.2 Å². The number of benzene rings is 1. The zero-order valence-electron chi connectivity index (χ0n) is 14.5. The topological polar surface area (TPSA) is 40.5 Å². The number of aliphatic hydroxyl groups is 2. The molecule has 0 spiro atoms. The third-order valence-electron chi connectivity index (χ3n) is 4.08. The Labute approximate surface area is 141 Å². The standard InChI is InChI=1S/C21H32O2/c1-2-3-4-5-6-7-8-9-13-16-20(22)17-18-21(23)19-14-11-10-12-15-19/h10-12,14-15,20-23H,2-9,13,16H2,1H3. The molecule has 2 heteroatoms. The molecule has 1 aromatic carbocycles. The van der Waals surface area contributed by atoms with Gasteiger partial charge in [0.05, 0.1) is 0 Å². The molecular formula is C21H32O2. The van der Waals surface area contributed by atoms with Crippen LogP contribution >= 0.6 is 0 Å². The molecule has 0 saturated carbocycles. The summed E-state index contributed by atoms with van der Waals surface area (Å²) in [5, 5.41) is 19.8. The van der Waals surface area contributed by atoms with Gasteiger partial charge in [0.2, 0.25) is 0 Å². The normalized spacial score (nSPS) is 13.2. The van der Waals surface area contributed by atoms with E-state index >= 15 is 0 Å². The second-order valence-corrected chi connectivity index (χ2v) is 6.23. The van der Waals surface area contributed by atoms with Crippen LogP contribution in [0.3, 0.4) is 0 Å². The van der Waals surface area contributed by atoms with Crippen LogP contribution in [0.2, 0.25) is 0 Å². The Morgan fingerprint density at radius 1 is 0.783 bits per heavy atom. The van der Waals surface area contributed by atoms with Gasteiger partial charge in [-0.05, 0) is 18.4 Å². The Morgan fingerprint density at radius 3 is 1.96 bits per heavy atom. The van der Waals surface area contributed by atoms with Gasteiger partial charge in [0, 0.05) is 0 Å². The lowest BCUT2D eigenvalue weighted by Crippen LogP contribution is -2.03. The van der Waals surface area contributed by atoms with Crippen molar-refractivity contribution in [3.05, 3.63) is 35.9 Å². The Hall–Kier alpha value is -1.30. The van der Waals surface area contributed by atoms with Gasteiger partial charge in [-0.3, -0.25) is 0 Å². The van der Waals surface area contributed by atoms with Gasteiger partial charge in [-0.1, -0.05) is 100 Å². The molecule has 0 amide bonds. The van der Waals surface area contributed by atoms with Crippen molar-refractivity contribution >= 4 is 0 Å². The van der Waals surface area contributed by atoms with Crippen LogP contribution in [-0.4, -0.2) is 16.3 Å². The van der Waals surface area contributed by atoms with Crippen LogP contribution < -0.4 is 0 Å². The summed E-state index contributed by atoms with van der Waals surface area (Å²) in [6.07, 6.45) is 10.7. The molecular weight excluding hydrogens is 284 g/mol. The summed E-state index contributed by atoms with van der Waals surface area (Å²) in [6.45, 7) is 2.24. The van der Waals surface area contributed by atoms with E-state index in [4.69, 9.17) is 0 Å². The zero-order chi connectivity index (χ0) is 16.8. The molecule has 0 aliphatic rings. The van der Waals surface area contributed by atoms with Gasteiger partial charge in [0.25, 0.3) is 0 Å².